The summed E-state index contributed by atoms with van der Waals surface area (Å²) in [5.74, 6) is 0. The summed E-state index contributed by atoms with van der Waals surface area (Å²) in [5.41, 5.74) is 18.7. The quantitative estimate of drug-likeness (QED) is 0.114. The molecule has 2 aliphatic heterocycles. The molecule has 11 aromatic rings. The molecule has 0 radical (unpaired) electrons. The Morgan fingerprint density at radius 1 is 0.423 bits per heavy atom. The van der Waals surface area contributed by atoms with Gasteiger partial charge in [-0.15, -0.1) is 11.3 Å². The van der Waals surface area contributed by atoms with Crippen molar-refractivity contribution in [1.82, 2.24) is 0 Å². The van der Waals surface area contributed by atoms with Crippen LogP contribution in [0.5, 0.6) is 0 Å². The molecule has 338 valence electrons. The maximum absolute atomic E-state index is 9.23. The van der Waals surface area contributed by atoms with Crippen molar-refractivity contribution in [3.8, 4) is 11.1 Å². The van der Waals surface area contributed by atoms with Gasteiger partial charge in [0.05, 0.1) is 6.85 Å². The fourth-order valence-corrected chi connectivity index (χ4v) is 19.1. The lowest BCUT2D eigenvalue weighted by Gasteiger charge is -2.45. The molecule has 1 nitrogen and oxygen atoms in total. The van der Waals surface area contributed by atoms with Crippen LogP contribution < -0.4 is 58.4 Å². The van der Waals surface area contributed by atoms with E-state index in [0.29, 0.717) is 5.56 Å². The van der Waals surface area contributed by atoms with Gasteiger partial charge in [-0.1, -0.05) is 238 Å². The number of hydrogen-bond acceptors (Lipinski definition) is 2. The SMILES string of the molecule is [2H]c1c([2H])c([2H])c(-c2ccc3c(c2)B(c2c(C)cc(C)cc2C)c2cc4c(sc5ccccc54)c4c2N3c2ccc([Si](c3ccccc3)(c3ccccc3)c3ccccc3)cc2B4c2c(C)cc(C)cc2C)c([2H])c1[2H]. The van der Waals surface area contributed by atoms with Crippen LogP contribution in [0.15, 0.2) is 212 Å². The van der Waals surface area contributed by atoms with Gasteiger partial charge in [0.2, 0.25) is 13.4 Å². The van der Waals surface area contributed by atoms with Crippen molar-refractivity contribution in [3.05, 3.63) is 246 Å². The van der Waals surface area contributed by atoms with Gasteiger partial charge in [0.15, 0.2) is 8.07 Å². The number of anilines is 3. The summed E-state index contributed by atoms with van der Waals surface area (Å²) in [6, 6.07) is 66.4. The van der Waals surface area contributed by atoms with Crippen LogP contribution in [0.1, 0.15) is 40.2 Å². The molecule has 2 aliphatic rings. The van der Waals surface area contributed by atoms with Crippen LogP contribution >= 0.6 is 11.3 Å². The third-order valence-electron chi connectivity index (χ3n) is 15.6. The van der Waals surface area contributed by atoms with E-state index in [4.69, 9.17) is 4.11 Å². The normalized spacial score (nSPS) is 13.8. The molecule has 0 unspecified atom stereocenters. The standard InChI is InChI=1S/C66H53B2NSSi/c1-42-35-44(3)62(45(4)36-42)67-56-39-49(48-21-11-7-12-22-48)31-33-59(56)69-60-34-32-53(71(50-23-13-8-14-24-50,51-25-15-9-16-26-51)52-27-17-10-18-28-52)40-57(60)68(63-46(5)37-43(2)38-47(63)6)64-65(69)58(67)41-55-54-29-19-20-30-61(54)70-66(55)64/h7-41H,1-6H3/i7D,11D,12D,21D,22D. The highest BCUT2D eigenvalue weighted by Gasteiger charge is 2.48. The van der Waals surface area contributed by atoms with E-state index in [0.717, 1.165) is 16.8 Å². The number of benzene rings is 10. The third kappa shape index (κ3) is 6.67. The molecule has 0 atom stereocenters. The third-order valence-corrected chi connectivity index (χ3v) is 21.6. The van der Waals surface area contributed by atoms with Gasteiger partial charge in [-0.25, -0.2) is 0 Å². The van der Waals surface area contributed by atoms with Crippen molar-refractivity contribution in [2.45, 2.75) is 41.5 Å². The van der Waals surface area contributed by atoms with Gasteiger partial charge in [-0.3, -0.25) is 0 Å². The molecule has 3 heterocycles. The molecule has 10 aromatic carbocycles. The first-order valence-corrected chi connectivity index (χ1v) is 27.5. The minimum Gasteiger partial charge on any atom is -0.312 e. The average Bonchev–Trinajstić information content (AvgIpc) is 3.87. The monoisotopic (exact) mass is 946 g/mol. The van der Waals surface area contributed by atoms with Crippen molar-refractivity contribution in [2.75, 3.05) is 4.90 Å². The summed E-state index contributed by atoms with van der Waals surface area (Å²) < 4.78 is 47.0. The molecule has 1 aromatic heterocycles. The summed E-state index contributed by atoms with van der Waals surface area (Å²) in [6.45, 7) is 13.0. The molecular weight excluding hydrogens is 889 g/mol. The first-order valence-electron chi connectivity index (χ1n) is 27.2. The smallest absolute Gasteiger partial charge is 0.249 e. The lowest BCUT2D eigenvalue weighted by molar-refractivity contribution is 1.30. The Bertz CT molecular complexity index is 4050. The first-order chi connectivity index (χ1) is 36.8. The van der Waals surface area contributed by atoms with E-state index in [-0.39, 0.29) is 43.2 Å². The van der Waals surface area contributed by atoms with Crippen LogP contribution in [-0.2, 0) is 0 Å². The number of thiophene rings is 1. The molecular formula is C66H53B2NSSi. The van der Waals surface area contributed by atoms with Crippen molar-refractivity contribution in [3.63, 3.8) is 0 Å². The van der Waals surface area contributed by atoms with E-state index in [1.807, 2.05) is 17.4 Å². The molecule has 0 amide bonds. The van der Waals surface area contributed by atoms with Crippen LogP contribution in [0.4, 0.5) is 17.1 Å². The van der Waals surface area contributed by atoms with Gasteiger partial charge in [-0.2, -0.15) is 0 Å². The number of nitrogens with zero attached hydrogens (tertiary/aromatic N) is 1. The second-order valence-electron chi connectivity index (χ2n) is 19.9. The largest absolute Gasteiger partial charge is 0.312 e. The fraction of sp³-hybridized carbons (Fsp3) is 0.0909. The van der Waals surface area contributed by atoms with Crippen molar-refractivity contribution < 1.29 is 6.85 Å². The number of hydrogen-bond donors (Lipinski definition) is 0. The van der Waals surface area contributed by atoms with Gasteiger partial charge >= 0.3 is 0 Å². The summed E-state index contributed by atoms with van der Waals surface area (Å²) in [4.78, 5) is 2.54. The zero-order chi connectivity index (χ0) is 52.5. The number of fused-ring (bicyclic) bond motifs is 8. The predicted octanol–water partition coefficient (Wildman–Crippen LogP) is 10.1. The molecule has 0 saturated carbocycles. The second-order valence-corrected chi connectivity index (χ2v) is 24.8. The van der Waals surface area contributed by atoms with Gasteiger partial charge in [0, 0.05) is 31.8 Å². The summed E-state index contributed by atoms with van der Waals surface area (Å²) in [7, 11) is -3.04. The Kier molecular flexibility index (Phi) is 9.11. The van der Waals surface area contributed by atoms with Gasteiger partial charge in [-0.05, 0) is 119 Å². The highest BCUT2D eigenvalue weighted by molar-refractivity contribution is 7.28. The summed E-state index contributed by atoms with van der Waals surface area (Å²) >= 11 is 1.89. The minimum absolute atomic E-state index is 0.168. The maximum Gasteiger partial charge on any atom is 0.249 e. The molecule has 0 aliphatic carbocycles. The van der Waals surface area contributed by atoms with E-state index in [1.165, 1.54) is 107 Å². The van der Waals surface area contributed by atoms with Crippen molar-refractivity contribution in [1.29, 1.82) is 0 Å². The highest BCUT2D eigenvalue weighted by Crippen LogP contribution is 2.43. The van der Waals surface area contributed by atoms with Crippen LogP contribution in [0.3, 0.4) is 0 Å². The molecule has 13 rings (SSSR count). The topological polar surface area (TPSA) is 3.24 Å². The van der Waals surface area contributed by atoms with Gasteiger partial charge < -0.3 is 4.90 Å². The zero-order valence-electron chi connectivity index (χ0n) is 45.8. The number of aryl methyl sites for hydroxylation is 6. The average molecular weight is 947 g/mol. The van der Waals surface area contributed by atoms with Crippen molar-refractivity contribution in [2.24, 2.45) is 0 Å². The Hall–Kier alpha value is -7.43. The van der Waals surface area contributed by atoms with Crippen LogP contribution in [-0.4, -0.2) is 21.5 Å². The predicted molar refractivity (Wildman–Crippen MR) is 314 cm³/mol. The van der Waals surface area contributed by atoms with Crippen LogP contribution in [0, 0.1) is 41.5 Å². The van der Waals surface area contributed by atoms with Crippen molar-refractivity contribution >= 4 is 124 Å². The highest BCUT2D eigenvalue weighted by atomic mass is 32.1. The molecule has 71 heavy (non-hydrogen) atoms. The summed E-state index contributed by atoms with van der Waals surface area (Å²) in [6.07, 6.45) is 0. The lowest BCUT2D eigenvalue weighted by Crippen LogP contribution is -2.75. The molecule has 0 bridgehead atoms. The van der Waals surface area contributed by atoms with Crippen LogP contribution in [0.2, 0.25) is 0 Å². The fourth-order valence-electron chi connectivity index (χ4n) is 13.1. The molecule has 0 saturated heterocycles. The van der Waals surface area contributed by atoms with Gasteiger partial charge in [0.1, 0.15) is 0 Å². The van der Waals surface area contributed by atoms with E-state index in [1.54, 1.807) is 0 Å². The number of rotatable bonds is 7. The van der Waals surface area contributed by atoms with Gasteiger partial charge in [0.25, 0.3) is 0 Å². The molecule has 0 N–H and O–H groups in total. The minimum atomic E-state index is -3.04. The van der Waals surface area contributed by atoms with Crippen LogP contribution in [0.25, 0.3) is 31.3 Å². The van der Waals surface area contributed by atoms with E-state index < -0.39 is 14.1 Å². The molecule has 0 fully saturated rings. The Morgan fingerprint density at radius 2 is 0.930 bits per heavy atom. The molecule has 0 spiro atoms. The summed E-state index contributed by atoms with van der Waals surface area (Å²) in [5, 5.41) is 7.68. The maximum atomic E-state index is 9.23. The Labute approximate surface area is 431 Å². The Balaban J connectivity index is 1.22. The first kappa shape index (κ1) is 38.3. The van der Waals surface area contributed by atoms with E-state index in [9.17, 15) is 2.74 Å². The van der Waals surface area contributed by atoms with E-state index in [2.05, 4.69) is 222 Å². The lowest BCUT2D eigenvalue weighted by atomic mass is 9.29. The zero-order valence-corrected chi connectivity index (χ0v) is 42.6. The Morgan fingerprint density at radius 3 is 1.51 bits per heavy atom. The molecule has 5 heteroatoms. The van der Waals surface area contributed by atoms with E-state index >= 15 is 0 Å². The second kappa shape index (κ2) is 16.9.